The molecule has 0 N–H and O–H groups in total. The monoisotopic (exact) mass is 626 g/mol. The summed E-state index contributed by atoms with van der Waals surface area (Å²) in [4.78, 5) is 2.56. The Morgan fingerprint density at radius 2 is 0.800 bits per heavy atom. The summed E-state index contributed by atoms with van der Waals surface area (Å²) in [6, 6.07) is 15.1. The van der Waals surface area contributed by atoms with E-state index >= 15 is 0 Å². The van der Waals surface area contributed by atoms with E-state index in [2.05, 4.69) is 50.2 Å². The Hall–Kier alpha value is -0.666. The maximum Gasteiger partial charge on any atom is 0.501 e. The molecule has 0 saturated carbocycles. The van der Waals surface area contributed by atoms with Gasteiger partial charge >= 0.3 is 17.6 Å². The first-order valence-corrected chi connectivity index (χ1v) is 20.7. The van der Waals surface area contributed by atoms with E-state index in [1.807, 2.05) is 63.1 Å². The van der Waals surface area contributed by atoms with Crippen LogP contribution < -0.4 is 0 Å². The third-order valence-corrected chi connectivity index (χ3v) is 15.1. The first-order valence-electron chi connectivity index (χ1n) is 14.7. The minimum atomic E-state index is -2.64. The van der Waals surface area contributed by atoms with Gasteiger partial charge in [0, 0.05) is 61.5 Å². The normalized spacial score (nSPS) is 12.3. The summed E-state index contributed by atoms with van der Waals surface area (Å²) in [5.41, 5.74) is 5.14. The molecule has 226 valence electrons. The lowest BCUT2D eigenvalue weighted by molar-refractivity contribution is 0.0706. The van der Waals surface area contributed by atoms with Crippen LogP contribution in [0.4, 0.5) is 0 Å². The lowest BCUT2D eigenvalue weighted by atomic mass is 10.1. The fourth-order valence-electron chi connectivity index (χ4n) is 4.61. The predicted molar refractivity (Wildman–Crippen MR) is 172 cm³/mol. The van der Waals surface area contributed by atoms with Crippen molar-refractivity contribution >= 4 is 39.2 Å². The van der Waals surface area contributed by atoms with Crippen LogP contribution in [0.3, 0.4) is 0 Å². The van der Waals surface area contributed by atoms with Crippen molar-refractivity contribution in [1.82, 2.24) is 0 Å². The van der Waals surface area contributed by atoms with Gasteiger partial charge in [-0.3, -0.25) is 0 Å². The van der Waals surface area contributed by atoms with E-state index in [0.29, 0.717) is 39.6 Å². The summed E-state index contributed by atoms with van der Waals surface area (Å²) in [7, 11) is -1.65. The predicted octanol–water partition coefficient (Wildman–Crippen LogP) is 8.28. The number of hydrogen-bond donors (Lipinski definition) is 0. The fourth-order valence-corrected chi connectivity index (χ4v) is 12.3. The lowest BCUT2D eigenvalue weighted by Gasteiger charge is -2.28. The van der Waals surface area contributed by atoms with Gasteiger partial charge in [-0.05, 0) is 103 Å². The molecule has 0 bridgehead atoms. The number of hydrogen-bond acceptors (Lipinski definition) is 8. The van der Waals surface area contributed by atoms with Crippen LogP contribution in [0.25, 0.3) is 0 Å². The van der Waals surface area contributed by atoms with Crippen molar-refractivity contribution in [2.45, 2.75) is 90.1 Å². The van der Waals surface area contributed by atoms with Crippen molar-refractivity contribution in [3.8, 4) is 0 Å². The van der Waals surface area contributed by atoms with E-state index in [1.54, 1.807) is 0 Å². The van der Waals surface area contributed by atoms with Gasteiger partial charge in [-0.2, -0.15) is 0 Å². The molecule has 6 nitrogen and oxygen atoms in total. The van der Waals surface area contributed by atoms with Crippen molar-refractivity contribution in [2.24, 2.45) is 0 Å². The molecule has 0 aromatic heterocycles. The van der Waals surface area contributed by atoms with Gasteiger partial charge in [0.1, 0.15) is 0 Å². The summed E-state index contributed by atoms with van der Waals surface area (Å²) in [5, 5.41) is 0. The topological polar surface area (TPSA) is 55.4 Å². The quantitative estimate of drug-likeness (QED) is 0.101. The van der Waals surface area contributed by atoms with Gasteiger partial charge in [0.05, 0.1) is 0 Å². The molecule has 2 aromatic carbocycles. The lowest BCUT2D eigenvalue weighted by Crippen LogP contribution is -2.46. The molecule has 0 fully saturated rings. The van der Waals surface area contributed by atoms with Crippen LogP contribution in [-0.2, 0) is 39.4 Å². The average molecular weight is 627 g/mol. The average Bonchev–Trinajstić information content (AvgIpc) is 2.92. The zero-order valence-corrected chi connectivity index (χ0v) is 29.4. The molecule has 0 atom stereocenters. The van der Waals surface area contributed by atoms with Crippen LogP contribution in [0, 0.1) is 13.8 Å². The highest BCUT2D eigenvalue weighted by atomic mass is 33.1. The zero-order chi connectivity index (χ0) is 29.4. The molecule has 0 aliphatic rings. The highest BCUT2D eigenvalue weighted by Crippen LogP contribution is 2.41. The van der Waals surface area contributed by atoms with Crippen LogP contribution in [0.2, 0.25) is 12.1 Å². The van der Waals surface area contributed by atoms with Gasteiger partial charge in [0.25, 0.3) is 0 Å². The molecule has 0 aliphatic carbocycles. The summed E-state index contributed by atoms with van der Waals surface area (Å²) in [6.45, 7) is 20.0. The van der Waals surface area contributed by atoms with Gasteiger partial charge in [-0.1, -0.05) is 45.9 Å². The minimum absolute atomic E-state index is 0.606. The van der Waals surface area contributed by atoms with E-state index in [1.165, 1.54) is 32.0 Å². The maximum absolute atomic E-state index is 6.03. The Balaban J connectivity index is 2.00. The Morgan fingerprint density at radius 1 is 0.500 bits per heavy atom. The first kappa shape index (κ1) is 35.5. The molecule has 0 spiro atoms. The van der Waals surface area contributed by atoms with E-state index in [4.69, 9.17) is 26.6 Å². The summed E-state index contributed by atoms with van der Waals surface area (Å²) in [6.07, 6.45) is 1.76. The summed E-state index contributed by atoms with van der Waals surface area (Å²) < 4.78 is 36.2. The van der Waals surface area contributed by atoms with Crippen molar-refractivity contribution in [3.05, 3.63) is 58.7 Å². The molecule has 2 aromatic rings. The number of aryl methyl sites for hydroxylation is 4. The summed E-state index contributed by atoms with van der Waals surface area (Å²) >= 11 is 0. The number of rotatable bonds is 21. The molecule has 40 heavy (non-hydrogen) atoms. The third kappa shape index (κ3) is 11.2. The van der Waals surface area contributed by atoms with Crippen LogP contribution >= 0.6 is 21.6 Å². The molecule has 0 aliphatic heterocycles. The van der Waals surface area contributed by atoms with Gasteiger partial charge in [0.2, 0.25) is 0 Å². The van der Waals surface area contributed by atoms with Crippen molar-refractivity contribution in [2.75, 3.05) is 39.6 Å². The molecular weight excluding hydrogens is 577 g/mol. The highest BCUT2D eigenvalue weighted by Gasteiger charge is 2.40. The van der Waals surface area contributed by atoms with E-state index in [-0.39, 0.29) is 0 Å². The van der Waals surface area contributed by atoms with E-state index in [9.17, 15) is 0 Å². The fraction of sp³-hybridized carbons (Fsp3) is 0.600. The molecule has 0 saturated heterocycles. The van der Waals surface area contributed by atoms with Crippen LogP contribution in [-0.4, -0.2) is 57.3 Å². The van der Waals surface area contributed by atoms with E-state index < -0.39 is 17.6 Å². The molecule has 0 radical (unpaired) electrons. The Labute approximate surface area is 253 Å². The SMILES string of the molecule is CCO[Si](CCc1ccc(SSc2ccc(CC[Si](OCC)(OCC)OCC)cc2C)c(C)c1)(OCC)OCC. The minimum Gasteiger partial charge on any atom is -0.374 e. The van der Waals surface area contributed by atoms with Gasteiger partial charge in [-0.15, -0.1) is 0 Å². The van der Waals surface area contributed by atoms with E-state index in [0.717, 1.165) is 24.9 Å². The van der Waals surface area contributed by atoms with Crippen molar-refractivity contribution in [1.29, 1.82) is 0 Å². The van der Waals surface area contributed by atoms with Gasteiger partial charge in [0.15, 0.2) is 0 Å². The molecule has 0 amide bonds. The van der Waals surface area contributed by atoms with Crippen LogP contribution in [0.15, 0.2) is 46.2 Å². The second-order valence-electron chi connectivity index (χ2n) is 9.33. The molecule has 0 unspecified atom stereocenters. The third-order valence-electron chi connectivity index (χ3n) is 6.33. The highest BCUT2D eigenvalue weighted by molar-refractivity contribution is 8.76. The summed E-state index contributed by atoms with van der Waals surface area (Å²) in [5.74, 6) is 0. The van der Waals surface area contributed by atoms with Crippen LogP contribution in [0.5, 0.6) is 0 Å². The van der Waals surface area contributed by atoms with Gasteiger partial charge in [-0.25, -0.2) is 0 Å². The smallest absolute Gasteiger partial charge is 0.374 e. The first-order chi connectivity index (χ1) is 19.3. The van der Waals surface area contributed by atoms with Gasteiger partial charge < -0.3 is 26.6 Å². The molecular formula is C30H50O6S2Si2. The Kier molecular flexibility index (Phi) is 16.7. The Morgan fingerprint density at radius 3 is 1.05 bits per heavy atom. The van der Waals surface area contributed by atoms with Crippen LogP contribution in [0.1, 0.15) is 63.8 Å². The zero-order valence-electron chi connectivity index (χ0n) is 25.8. The van der Waals surface area contributed by atoms with Crippen molar-refractivity contribution < 1.29 is 26.6 Å². The van der Waals surface area contributed by atoms with Crippen molar-refractivity contribution in [3.63, 3.8) is 0 Å². The maximum atomic E-state index is 6.03. The molecule has 2 rings (SSSR count). The second kappa shape index (κ2) is 18.8. The Bertz CT molecular complexity index is 897. The number of benzene rings is 2. The largest absolute Gasteiger partial charge is 0.501 e. The second-order valence-corrected chi connectivity index (χ2v) is 17.0. The standard InChI is InChI=1S/C30H50O6S2Si2/c1-9-31-39(32-10-2,33-11-3)21-19-27-15-17-29(25(7)23-27)37-38-30-18-16-28(24-26(30)8)20-22-40(34-12-4,35-13-5)36-14-6/h15-18,23-24H,9-14,19-22H2,1-8H3. The molecule has 10 heteroatoms. The molecule has 0 heterocycles.